The van der Waals surface area contributed by atoms with E-state index in [0.29, 0.717) is 38.4 Å². The Kier molecular flexibility index (Phi) is 15.1. The molecule has 122 valence electrons. The van der Waals surface area contributed by atoms with Gasteiger partial charge in [-0.3, -0.25) is 0 Å². The smallest absolute Gasteiger partial charge is 0.0701 e. The van der Waals surface area contributed by atoms with E-state index in [1.807, 2.05) is 7.05 Å². The average molecular weight is 289 g/mol. The molecule has 4 heteroatoms. The molecule has 2 atom stereocenters. The summed E-state index contributed by atoms with van der Waals surface area (Å²) in [6.07, 6.45) is 4.57. The molecule has 0 aromatic carbocycles. The molecule has 4 nitrogen and oxygen atoms in total. The van der Waals surface area contributed by atoms with Gasteiger partial charge in [0.1, 0.15) is 0 Å². The molecule has 0 rings (SSSR count). The Hall–Kier alpha value is -0.160. The molecule has 0 aliphatic rings. The topological polar surface area (TPSA) is 39.7 Å². The molecule has 0 aliphatic carbocycles. The molecule has 0 aromatic rings. The van der Waals surface area contributed by atoms with Gasteiger partial charge in [0.2, 0.25) is 0 Å². The van der Waals surface area contributed by atoms with Gasteiger partial charge in [0.15, 0.2) is 0 Å². The molecule has 0 saturated carbocycles. The number of ether oxygens (including phenoxy) is 3. The standard InChI is InChI=1S/C16H35NO3/c1-5-7-9-18-11-13-20-14-12-19-10-8-15(3)16(6-2)17-4/h15-17H,5-14H2,1-4H3. The van der Waals surface area contributed by atoms with Crippen molar-refractivity contribution in [2.45, 2.75) is 52.5 Å². The molecule has 1 N–H and O–H groups in total. The second-order valence-electron chi connectivity index (χ2n) is 5.26. The normalized spacial score (nSPS) is 14.4. The fourth-order valence-electron chi connectivity index (χ4n) is 2.15. The lowest BCUT2D eigenvalue weighted by Gasteiger charge is -2.21. The fourth-order valence-corrected chi connectivity index (χ4v) is 2.15. The van der Waals surface area contributed by atoms with Crippen LogP contribution >= 0.6 is 0 Å². The van der Waals surface area contributed by atoms with Crippen molar-refractivity contribution < 1.29 is 14.2 Å². The molecule has 0 saturated heterocycles. The first kappa shape index (κ1) is 19.8. The summed E-state index contributed by atoms with van der Waals surface area (Å²) in [6.45, 7) is 11.0. The zero-order valence-corrected chi connectivity index (χ0v) is 14.0. The van der Waals surface area contributed by atoms with Crippen molar-refractivity contribution >= 4 is 0 Å². The van der Waals surface area contributed by atoms with Crippen LogP contribution in [0.2, 0.25) is 0 Å². The number of hydrogen-bond acceptors (Lipinski definition) is 4. The van der Waals surface area contributed by atoms with Gasteiger partial charge in [0.05, 0.1) is 26.4 Å². The molecular formula is C16H35NO3. The summed E-state index contributed by atoms with van der Waals surface area (Å²) >= 11 is 0. The summed E-state index contributed by atoms with van der Waals surface area (Å²) in [5.41, 5.74) is 0. The SMILES string of the molecule is CCCCOCCOCCOCCC(C)C(CC)NC. The Morgan fingerprint density at radius 2 is 1.40 bits per heavy atom. The van der Waals surface area contributed by atoms with Crippen LogP contribution in [0.15, 0.2) is 0 Å². The second kappa shape index (κ2) is 15.2. The molecule has 2 unspecified atom stereocenters. The summed E-state index contributed by atoms with van der Waals surface area (Å²) in [5, 5.41) is 3.35. The summed E-state index contributed by atoms with van der Waals surface area (Å²) in [5.74, 6) is 0.651. The maximum Gasteiger partial charge on any atom is 0.0701 e. The molecule has 0 radical (unpaired) electrons. The Morgan fingerprint density at radius 3 is 1.90 bits per heavy atom. The van der Waals surface area contributed by atoms with Crippen LogP contribution in [0, 0.1) is 5.92 Å². The largest absolute Gasteiger partial charge is 0.379 e. The Morgan fingerprint density at radius 1 is 0.850 bits per heavy atom. The maximum absolute atomic E-state index is 5.59. The number of rotatable bonds is 15. The number of nitrogens with one attached hydrogen (secondary N) is 1. The summed E-state index contributed by atoms with van der Waals surface area (Å²) in [7, 11) is 2.03. The van der Waals surface area contributed by atoms with Gasteiger partial charge in [-0.15, -0.1) is 0 Å². The van der Waals surface area contributed by atoms with E-state index in [9.17, 15) is 0 Å². The van der Waals surface area contributed by atoms with E-state index in [1.54, 1.807) is 0 Å². The summed E-state index contributed by atoms with van der Waals surface area (Å²) < 4.78 is 16.5. The Bertz CT molecular complexity index is 187. The number of hydrogen-bond donors (Lipinski definition) is 1. The predicted octanol–water partition coefficient (Wildman–Crippen LogP) is 2.86. The molecule has 0 aromatic heterocycles. The van der Waals surface area contributed by atoms with Crippen molar-refractivity contribution in [2.75, 3.05) is 46.7 Å². The van der Waals surface area contributed by atoms with E-state index in [2.05, 4.69) is 26.1 Å². The van der Waals surface area contributed by atoms with Gasteiger partial charge in [-0.2, -0.15) is 0 Å². The highest BCUT2D eigenvalue weighted by atomic mass is 16.5. The van der Waals surface area contributed by atoms with E-state index in [4.69, 9.17) is 14.2 Å². The number of unbranched alkanes of at least 4 members (excludes halogenated alkanes) is 1. The van der Waals surface area contributed by atoms with Crippen LogP contribution in [0.25, 0.3) is 0 Å². The van der Waals surface area contributed by atoms with Crippen molar-refractivity contribution in [3.63, 3.8) is 0 Å². The molecular weight excluding hydrogens is 254 g/mol. The second-order valence-corrected chi connectivity index (χ2v) is 5.26. The minimum absolute atomic E-state index is 0.593. The molecule has 0 spiro atoms. The summed E-state index contributed by atoms with van der Waals surface area (Å²) in [6, 6.07) is 0.593. The third-order valence-electron chi connectivity index (χ3n) is 3.60. The molecule has 0 bridgehead atoms. The van der Waals surface area contributed by atoms with Crippen LogP contribution in [0.5, 0.6) is 0 Å². The molecule has 0 amide bonds. The fraction of sp³-hybridized carbons (Fsp3) is 1.00. The summed E-state index contributed by atoms with van der Waals surface area (Å²) in [4.78, 5) is 0. The quantitative estimate of drug-likeness (QED) is 0.471. The van der Waals surface area contributed by atoms with Crippen molar-refractivity contribution in [1.82, 2.24) is 5.32 Å². The van der Waals surface area contributed by atoms with Gasteiger partial charge in [-0.05, 0) is 32.2 Å². The van der Waals surface area contributed by atoms with Gasteiger partial charge in [0, 0.05) is 19.3 Å². The Balaban J connectivity index is 3.20. The first-order valence-electron chi connectivity index (χ1n) is 8.16. The predicted molar refractivity (Wildman–Crippen MR) is 84.3 cm³/mol. The van der Waals surface area contributed by atoms with E-state index < -0.39 is 0 Å². The minimum Gasteiger partial charge on any atom is -0.379 e. The Labute approximate surface area is 125 Å². The lowest BCUT2D eigenvalue weighted by atomic mass is 9.97. The third-order valence-corrected chi connectivity index (χ3v) is 3.60. The zero-order valence-electron chi connectivity index (χ0n) is 14.0. The van der Waals surface area contributed by atoms with Crippen molar-refractivity contribution in [3.05, 3.63) is 0 Å². The van der Waals surface area contributed by atoms with Gasteiger partial charge in [-0.25, -0.2) is 0 Å². The molecule has 20 heavy (non-hydrogen) atoms. The van der Waals surface area contributed by atoms with Gasteiger partial charge in [-0.1, -0.05) is 27.2 Å². The van der Waals surface area contributed by atoms with Crippen LogP contribution in [-0.2, 0) is 14.2 Å². The van der Waals surface area contributed by atoms with E-state index in [0.717, 1.165) is 26.1 Å². The highest BCUT2D eigenvalue weighted by Gasteiger charge is 2.12. The van der Waals surface area contributed by atoms with Crippen LogP contribution in [0.3, 0.4) is 0 Å². The zero-order chi connectivity index (χ0) is 15.1. The highest BCUT2D eigenvalue weighted by molar-refractivity contribution is 4.69. The average Bonchev–Trinajstić information content (AvgIpc) is 2.46. The van der Waals surface area contributed by atoms with Crippen LogP contribution in [0.1, 0.15) is 46.5 Å². The van der Waals surface area contributed by atoms with Crippen molar-refractivity contribution in [2.24, 2.45) is 5.92 Å². The first-order valence-corrected chi connectivity index (χ1v) is 8.16. The van der Waals surface area contributed by atoms with Crippen LogP contribution < -0.4 is 5.32 Å². The van der Waals surface area contributed by atoms with E-state index in [1.165, 1.54) is 12.8 Å². The van der Waals surface area contributed by atoms with Gasteiger partial charge >= 0.3 is 0 Å². The lowest BCUT2D eigenvalue weighted by molar-refractivity contribution is 0.0115. The monoisotopic (exact) mass is 289 g/mol. The van der Waals surface area contributed by atoms with Crippen molar-refractivity contribution in [1.29, 1.82) is 0 Å². The van der Waals surface area contributed by atoms with Crippen LogP contribution in [-0.4, -0.2) is 52.7 Å². The molecule has 0 fully saturated rings. The van der Waals surface area contributed by atoms with Gasteiger partial charge < -0.3 is 19.5 Å². The minimum atomic E-state index is 0.593. The van der Waals surface area contributed by atoms with E-state index in [-0.39, 0.29) is 0 Å². The third kappa shape index (κ3) is 11.6. The van der Waals surface area contributed by atoms with E-state index >= 15 is 0 Å². The van der Waals surface area contributed by atoms with Crippen LogP contribution in [0.4, 0.5) is 0 Å². The van der Waals surface area contributed by atoms with Gasteiger partial charge in [0.25, 0.3) is 0 Å². The maximum atomic E-state index is 5.59. The highest BCUT2D eigenvalue weighted by Crippen LogP contribution is 2.10. The molecule has 0 aliphatic heterocycles. The first-order chi connectivity index (χ1) is 9.76. The molecule has 0 heterocycles. The van der Waals surface area contributed by atoms with Crippen molar-refractivity contribution in [3.8, 4) is 0 Å². The lowest BCUT2D eigenvalue weighted by Crippen LogP contribution is -2.32.